The number of carbonyl (C=O) groups excluding carboxylic acids is 1. The Morgan fingerprint density at radius 1 is 1.14 bits per heavy atom. The van der Waals surface area contributed by atoms with E-state index in [0.29, 0.717) is 0 Å². The van der Waals surface area contributed by atoms with Gasteiger partial charge in [0.1, 0.15) is 12.4 Å². The average Bonchev–Trinajstić information content (AvgIpc) is 2.46. The van der Waals surface area contributed by atoms with E-state index < -0.39 is 17.9 Å². The highest BCUT2D eigenvalue weighted by atomic mass is 19.1. The van der Waals surface area contributed by atoms with Crippen molar-refractivity contribution in [3.8, 4) is 0 Å². The minimum atomic E-state index is -1.27. The molecule has 2 rings (SSSR count). The maximum Gasteiger partial charge on any atom is 0.411 e. The van der Waals surface area contributed by atoms with E-state index in [-0.39, 0.29) is 17.9 Å². The average molecular weight is 289 g/mol. The van der Waals surface area contributed by atoms with Crippen molar-refractivity contribution in [3.63, 3.8) is 0 Å². The van der Waals surface area contributed by atoms with Crippen LogP contribution in [0.4, 0.5) is 14.9 Å². The number of rotatable bonds is 4. The molecule has 0 aliphatic rings. The number of carboxylic acids is 1. The van der Waals surface area contributed by atoms with Gasteiger partial charge < -0.3 is 9.84 Å². The van der Waals surface area contributed by atoms with Gasteiger partial charge in [0.2, 0.25) is 0 Å². The van der Waals surface area contributed by atoms with Crippen LogP contribution in [-0.4, -0.2) is 17.2 Å². The lowest BCUT2D eigenvalue weighted by molar-refractivity contribution is 0.0698. The lowest BCUT2D eigenvalue weighted by atomic mass is 10.2. The van der Waals surface area contributed by atoms with Gasteiger partial charge >= 0.3 is 12.1 Å². The molecule has 0 aromatic heterocycles. The zero-order valence-corrected chi connectivity index (χ0v) is 10.9. The van der Waals surface area contributed by atoms with Crippen molar-refractivity contribution in [2.75, 3.05) is 5.32 Å². The Morgan fingerprint density at radius 3 is 2.52 bits per heavy atom. The van der Waals surface area contributed by atoms with Crippen LogP contribution in [0, 0.1) is 5.82 Å². The van der Waals surface area contributed by atoms with E-state index in [0.717, 1.165) is 23.8 Å². The van der Waals surface area contributed by atoms with Gasteiger partial charge in [-0.2, -0.15) is 0 Å². The summed E-state index contributed by atoms with van der Waals surface area (Å²) in [6.45, 7) is 0.0321. The smallest absolute Gasteiger partial charge is 0.411 e. The molecular weight excluding hydrogens is 277 g/mol. The minimum Gasteiger partial charge on any atom is -0.478 e. The van der Waals surface area contributed by atoms with E-state index in [2.05, 4.69) is 5.32 Å². The maximum absolute atomic E-state index is 13.1. The number of nitrogens with one attached hydrogen (secondary N) is 1. The Balaban J connectivity index is 2.02. The molecule has 0 saturated carbocycles. The number of anilines is 1. The SMILES string of the molecule is O=C(Nc1cc(F)ccc1C(=O)O)OCc1ccccc1. The van der Waals surface area contributed by atoms with Crippen LogP contribution in [0.1, 0.15) is 15.9 Å². The Bertz CT molecular complexity index is 658. The van der Waals surface area contributed by atoms with E-state index in [4.69, 9.17) is 9.84 Å². The highest BCUT2D eigenvalue weighted by Crippen LogP contribution is 2.17. The van der Waals surface area contributed by atoms with Crippen molar-refractivity contribution in [2.45, 2.75) is 6.61 Å². The lowest BCUT2D eigenvalue weighted by Crippen LogP contribution is -2.16. The van der Waals surface area contributed by atoms with E-state index >= 15 is 0 Å². The van der Waals surface area contributed by atoms with E-state index in [1.165, 1.54) is 0 Å². The normalized spacial score (nSPS) is 9.95. The van der Waals surface area contributed by atoms with Crippen LogP contribution < -0.4 is 5.32 Å². The van der Waals surface area contributed by atoms with Crippen molar-refractivity contribution in [3.05, 3.63) is 65.5 Å². The van der Waals surface area contributed by atoms with Crippen LogP contribution in [0.15, 0.2) is 48.5 Å². The van der Waals surface area contributed by atoms with Gasteiger partial charge in [0, 0.05) is 0 Å². The lowest BCUT2D eigenvalue weighted by Gasteiger charge is -2.09. The van der Waals surface area contributed by atoms with Crippen molar-refractivity contribution < 1.29 is 23.8 Å². The Kier molecular flexibility index (Phi) is 4.50. The van der Waals surface area contributed by atoms with Crippen molar-refractivity contribution >= 4 is 17.7 Å². The molecule has 5 nitrogen and oxygen atoms in total. The van der Waals surface area contributed by atoms with Gasteiger partial charge in [-0.3, -0.25) is 5.32 Å². The fourth-order valence-corrected chi connectivity index (χ4v) is 1.68. The number of halogens is 1. The number of ether oxygens (including phenoxy) is 1. The quantitative estimate of drug-likeness (QED) is 0.905. The van der Waals surface area contributed by atoms with Crippen LogP contribution in [-0.2, 0) is 11.3 Å². The first kappa shape index (κ1) is 14.5. The van der Waals surface area contributed by atoms with Gasteiger partial charge in [-0.1, -0.05) is 30.3 Å². The van der Waals surface area contributed by atoms with Crippen LogP contribution in [0.3, 0.4) is 0 Å². The maximum atomic E-state index is 13.1. The Morgan fingerprint density at radius 2 is 1.86 bits per heavy atom. The molecule has 0 atom stereocenters. The largest absolute Gasteiger partial charge is 0.478 e. The third-order valence-electron chi connectivity index (χ3n) is 2.66. The highest BCUT2D eigenvalue weighted by molar-refractivity contribution is 5.98. The van der Waals surface area contributed by atoms with E-state index in [1.807, 2.05) is 6.07 Å². The summed E-state index contributed by atoms with van der Waals surface area (Å²) in [5, 5.41) is 11.2. The van der Waals surface area contributed by atoms with Crippen LogP contribution in [0.2, 0.25) is 0 Å². The third kappa shape index (κ3) is 4.04. The summed E-state index contributed by atoms with van der Waals surface area (Å²) in [6.07, 6.45) is -0.855. The Hall–Kier alpha value is -2.89. The first-order valence-electron chi connectivity index (χ1n) is 6.07. The summed E-state index contributed by atoms with van der Waals surface area (Å²) >= 11 is 0. The van der Waals surface area contributed by atoms with Gasteiger partial charge in [0.25, 0.3) is 0 Å². The summed E-state index contributed by atoms with van der Waals surface area (Å²) in [6, 6.07) is 12.0. The van der Waals surface area contributed by atoms with Crippen LogP contribution >= 0.6 is 0 Å². The summed E-state index contributed by atoms with van der Waals surface area (Å²) in [5.74, 6) is -1.92. The number of aromatic carboxylic acids is 1. The molecule has 108 valence electrons. The van der Waals surface area contributed by atoms with E-state index in [1.54, 1.807) is 24.3 Å². The molecule has 0 radical (unpaired) electrons. The number of hydrogen-bond donors (Lipinski definition) is 2. The second kappa shape index (κ2) is 6.51. The number of carbonyl (C=O) groups is 2. The van der Waals surface area contributed by atoms with E-state index in [9.17, 15) is 14.0 Å². The molecule has 2 N–H and O–H groups in total. The highest BCUT2D eigenvalue weighted by Gasteiger charge is 2.14. The molecule has 0 saturated heterocycles. The zero-order chi connectivity index (χ0) is 15.2. The van der Waals surface area contributed by atoms with Crippen molar-refractivity contribution in [1.82, 2.24) is 0 Å². The molecule has 2 aromatic carbocycles. The molecule has 21 heavy (non-hydrogen) atoms. The molecule has 0 aliphatic carbocycles. The molecule has 1 amide bonds. The molecule has 0 aliphatic heterocycles. The number of amides is 1. The van der Waals surface area contributed by atoms with Crippen molar-refractivity contribution in [2.24, 2.45) is 0 Å². The van der Waals surface area contributed by atoms with Gasteiger partial charge in [-0.05, 0) is 23.8 Å². The monoisotopic (exact) mass is 289 g/mol. The summed E-state index contributed by atoms with van der Waals surface area (Å²) in [4.78, 5) is 22.6. The predicted octanol–water partition coefficient (Wildman–Crippen LogP) is 3.27. The number of benzene rings is 2. The molecule has 0 fully saturated rings. The minimum absolute atomic E-state index is 0.0321. The summed E-state index contributed by atoms with van der Waals surface area (Å²) in [7, 11) is 0. The molecular formula is C15H12FNO4. The van der Waals surface area contributed by atoms with Gasteiger partial charge in [0.15, 0.2) is 0 Å². The van der Waals surface area contributed by atoms with Crippen molar-refractivity contribution in [1.29, 1.82) is 0 Å². The molecule has 6 heteroatoms. The molecule has 0 spiro atoms. The zero-order valence-electron chi connectivity index (χ0n) is 10.9. The first-order valence-corrected chi connectivity index (χ1v) is 6.07. The third-order valence-corrected chi connectivity index (χ3v) is 2.66. The first-order chi connectivity index (χ1) is 10.1. The van der Waals surface area contributed by atoms with Gasteiger partial charge in [-0.15, -0.1) is 0 Å². The van der Waals surface area contributed by atoms with Gasteiger partial charge in [-0.25, -0.2) is 14.0 Å². The second-order valence-electron chi connectivity index (χ2n) is 4.18. The summed E-state index contributed by atoms with van der Waals surface area (Å²) in [5.41, 5.74) is 0.416. The Labute approximate surface area is 120 Å². The number of carboxylic acid groups (broad SMARTS) is 1. The summed E-state index contributed by atoms with van der Waals surface area (Å²) < 4.78 is 18.1. The molecule has 0 bridgehead atoms. The fraction of sp³-hybridized carbons (Fsp3) is 0.0667. The van der Waals surface area contributed by atoms with Crippen LogP contribution in [0.5, 0.6) is 0 Å². The fourth-order valence-electron chi connectivity index (χ4n) is 1.68. The van der Waals surface area contributed by atoms with Crippen LogP contribution in [0.25, 0.3) is 0 Å². The second-order valence-corrected chi connectivity index (χ2v) is 4.18. The predicted molar refractivity (Wildman–Crippen MR) is 73.6 cm³/mol. The molecule has 2 aromatic rings. The van der Waals surface area contributed by atoms with Gasteiger partial charge in [0.05, 0.1) is 11.3 Å². The standard InChI is InChI=1S/C15H12FNO4/c16-11-6-7-12(14(18)19)13(8-11)17-15(20)21-9-10-4-2-1-3-5-10/h1-8H,9H2,(H,17,20)(H,18,19). The molecule has 0 heterocycles. The number of hydrogen-bond acceptors (Lipinski definition) is 3. The molecule has 0 unspecified atom stereocenters. The topological polar surface area (TPSA) is 75.6 Å².